The van der Waals surface area contributed by atoms with E-state index < -0.39 is 12.0 Å². The summed E-state index contributed by atoms with van der Waals surface area (Å²) < 4.78 is 13.2. The number of benzene rings is 1. The van der Waals surface area contributed by atoms with E-state index in [0.29, 0.717) is 5.56 Å². The standard InChI is InChI=1S/C13H14FN3O/c14-10-4-1-3-9(7-10)11(8-15)12(18)13-16-5-2-6-17-13/h1-7,11-12,18H,8,15H2. The van der Waals surface area contributed by atoms with Crippen molar-refractivity contribution in [3.8, 4) is 0 Å². The van der Waals surface area contributed by atoms with Crippen LogP contribution in [0.25, 0.3) is 0 Å². The molecule has 0 bridgehead atoms. The van der Waals surface area contributed by atoms with Gasteiger partial charge in [-0.2, -0.15) is 0 Å². The number of aliphatic hydroxyl groups excluding tert-OH is 1. The van der Waals surface area contributed by atoms with E-state index in [1.165, 1.54) is 12.1 Å². The Kier molecular flexibility index (Phi) is 3.96. The normalized spacial score (nSPS) is 14.2. The van der Waals surface area contributed by atoms with Gasteiger partial charge in [-0.1, -0.05) is 12.1 Å². The zero-order valence-corrected chi connectivity index (χ0v) is 9.70. The maximum absolute atomic E-state index is 13.2. The molecular weight excluding hydrogens is 233 g/mol. The molecule has 0 saturated heterocycles. The van der Waals surface area contributed by atoms with Crippen molar-refractivity contribution in [2.45, 2.75) is 12.0 Å². The first kappa shape index (κ1) is 12.6. The number of halogens is 1. The summed E-state index contributed by atoms with van der Waals surface area (Å²) in [6.45, 7) is 0.183. The van der Waals surface area contributed by atoms with Crippen molar-refractivity contribution >= 4 is 0 Å². The van der Waals surface area contributed by atoms with Crippen LogP contribution in [0.2, 0.25) is 0 Å². The fraction of sp³-hybridized carbons (Fsp3) is 0.231. The molecule has 0 aliphatic heterocycles. The van der Waals surface area contributed by atoms with Crippen LogP contribution < -0.4 is 5.73 Å². The summed E-state index contributed by atoms with van der Waals surface area (Å²) in [6.07, 6.45) is 2.15. The minimum atomic E-state index is -0.946. The Morgan fingerprint density at radius 3 is 2.56 bits per heavy atom. The van der Waals surface area contributed by atoms with E-state index in [1.54, 1.807) is 30.6 Å². The van der Waals surface area contributed by atoms with Crippen molar-refractivity contribution in [3.05, 3.63) is 59.9 Å². The fourth-order valence-electron chi connectivity index (χ4n) is 1.83. The SMILES string of the molecule is NCC(c1cccc(F)c1)C(O)c1ncccn1. The van der Waals surface area contributed by atoms with Gasteiger partial charge >= 0.3 is 0 Å². The van der Waals surface area contributed by atoms with E-state index >= 15 is 0 Å². The van der Waals surface area contributed by atoms with E-state index in [2.05, 4.69) is 9.97 Å². The number of rotatable bonds is 4. The molecule has 2 aromatic rings. The highest BCUT2D eigenvalue weighted by Gasteiger charge is 2.23. The van der Waals surface area contributed by atoms with Crippen molar-refractivity contribution < 1.29 is 9.50 Å². The minimum absolute atomic E-state index is 0.183. The molecule has 5 heteroatoms. The molecule has 2 atom stereocenters. The summed E-state index contributed by atoms with van der Waals surface area (Å²) in [6, 6.07) is 7.70. The molecule has 1 heterocycles. The molecule has 18 heavy (non-hydrogen) atoms. The lowest BCUT2D eigenvalue weighted by atomic mass is 9.93. The van der Waals surface area contributed by atoms with E-state index in [1.807, 2.05) is 0 Å². The maximum atomic E-state index is 13.2. The van der Waals surface area contributed by atoms with E-state index in [9.17, 15) is 9.50 Å². The molecular formula is C13H14FN3O. The van der Waals surface area contributed by atoms with Crippen LogP contribution in [-0.2, 0) is 0 Å². The first-order valence-corrected chi connectivity index (χ1v) is 5.63. The summed E-state index contributed by atoms with van der Waals surface area (Å²) >= 11 is 0. The van der Waals surface area contributed by atoms with Crippen LogP contribution in [0.3, 0.4) is 0 Å². The average molecular weight is 247 g/mol. The van der Waals surface area contributed by atoms with Gasteiger partial charge in [-0.25, -0.2) is 14.4 Å². The third-order valence-electron chi connectivity index (χ3n) is 2.76. The van der Waals surface area contributed by atoms with Crippen LogP contribution in [0, 0.1) is 5.82 Å². The molecule has 3 N–H and O–H groups in total. The number of aliphatic hydroxyl groups is 1. The molecule has 2 rings (SSSR count). The Bertz CT molecular complexity index is 507. The number of hydrogen-bond donors (Lipinski definition) is 2. The predicted molar refractivity (Wildman–Crippen MR) is 65.2 cm³/mol. The van der Waals surface area contributed by atoms with Gasteiger partial charge in [-0.05, 0) is 23.8 Å². The van der Waals surface area contributed by atoms with Crippen molar-refractivity contribution in [1.29, 1.82) is 0 Å². The molecule has 1 aromatic carbocycles. The van der Waals surface area contributed by atoms with Crippen LogP contribution in [0.15, 0.2) is 42.7 Å². The molecule has 0 aliphatic rings. The molecule has 0 radical (unpaired) electrons. The maximum Gasteiger partial charge on any atom is 0.157 e. The van der Waals surface area contributed by atoms with Crippen LogP contribution >= 0.6 is 0 Å². The summed E-state index contributed by atoms with van der Waals surface area (Å²) in [5.41, 5.74) is 6.29. The van der Waals surface area contributed by atoms with Gasteiger partial charge in [0, 0.05) is 24.9 Å². The number of nitrogens with two attached hydrogens (primary N) is 1. The third kappa shape index (κ3) is 2.69. The number of aromatic nitrogens is 2. The van der Waals surface area contributed by atoms with Gasteiger partial charge in [0.05, 0.1) is 0 Å². The molecule has 4 nitrogen and oxygen atoms in total. The Balaban J connectivity index is 2.29. The van der Waals surface area contributed by atoms with Gasteiger partial charge < -0.3 is 10.8 Å². The second-order valence-corrected chi connectivity index (χ2v) is 3.95. The molecule has 0 fully saturated rings. The lowest BCUT2D eigenvalue weighted by Crippen LogP contribution is -2.21. The highest BCUT2D eigenvalue weighted by molar-refractivity contribution is 5.23. The van der Waals surface area contributed by atoms with Crippen LogP contribution in [0.5, 0.6) is 0 Å². The van der Waals surface area contributed by atoms with Crippen LogP contribution in [-0.4, -0.2) is 21.6 Å². The lowest BCUT2D eigenvalue weighted by molar-refractivity contribution is 0.138. The third-order valence-corrected chi connectivity index (χ3v) is 2.76. The molecule has 2 unspecified atom stereocenters. The summed E-state index contributed by atoms with van der Waals surface area (Å²) in [7, 11) is 0. The van der Waals surface area contributed by atoms with Gasteiger partial charge in [0.15, 0.2) is 5.82 Å². The first-order valence-electron chi connectivity index (χ1n) is 5.63. The quantitative estimate of drug-likeness (QED) is 0.856. The molecule has 0 amide bonds. The van der Waals surface area contributed by atoms with Gasteiger partial charge in [0.25, 0.3) is 0 Å². The predicted octanol–water partition coefficient (Wildman–Crippen LogP) is 1.39. The second-order valence-electron chi connectivity index (χ2n) is 3.95. The molecule has 94 valence electrons. The molecule has 1 aromatic heterocycles. The average Bonchev–Trinajstić information content (AvgIpc) is 2.40. The highest BCUT2D eigenvalue weighted by Crippen LogP contribution is 2.28. The number of hydrogen-bond acceptors (Lipinski definition) is 4. The molecule has 0 aliphatic carbocycles. The molecule has 0 spiro atoms. The fourth-order valence-corrected chi connectivity index (χ4v) is 1.83. The summed E-state index contributed by atoms with van der Waals surface area (Å²) in [5.74, 6) is -0.493. The zero-order valence-electron chi connectivity index (χ0n) is 9.70. The van der Waals surface area contributed by atoms with Crippen LogP contribution in [0.4, 0.5) is 4.39 Å². The second kappa shape index (κ2) is 5.66. The highest BCUT2D eigenvalue weighted by atomic mass is 19.1. The first-order chi connectivity index (χ1) is 8.72. The Morgan fingerprint density at radius 2 is 1.94 bits per heavy atom. The smallest absolute Gasteiger partial charge is 0.157 e. The van der Waals surface area contributed by atoms with Crippen LogP contribution in [0.1, 0.15) is 23.4 Å². The van der Waals surface area contributed by atoms with E-state index in [0.717, 1.165) is 0 Å². The topological polar surface area (TPSA) is 72.0 Å². The minimum Gasteiger partial charge on any atom is -0.384 e. The van der Waals surface area contributed by atoms with Gasteiger partial charge in [0.2, 0.25) is 0 Å². The molecule has 0 saturated carbocycles. The monoisotopic (exact) mass is 247 g/mol. The van der Waals surface area contributed by atoms with Crippen molar-refractivity contribution in [2.75, 3.05) is 6.54 Å². The Morgan fingerprint density at radius 1 is 1.22 bits per heavy atom. The summed E-state index contributed by atoms with van der Waals surface area (Å²) in [4.78, 5) is 7.97. The zero-order chi connectivity index (χ0) is 13.0. The summed E-state index contributed by atoms with van der Waals surface area (Å²) in [5, 5.41) is 10.2. The lowest BCUT2D eigenvalue weighted by Gasteiger charge is -2.20. The Labute approximate surface area is 104 Å². The van der Waals surface area contributed by atoms with Gasteiger partial charge in [-0.15, -0.1) is 0 Å². The van der Waals surface area contributed by atoms with Gasteiger partial charge in [0.1, 0.15) is 11.9 Å². The van der Waals surface area contributed by atoms with E-state index in [-0.39, 0.29) is 18.2 Å². The van der Waals surface area contributed by atoms with Gasteiger partial charge in [-0.3, -0.25) is 0 Å². The van der Waals surface area contributed by atoms with Crippen molar-refractivity contribution in [2.24, 2.45) is 5.73 Å². The largest absolute Gasteiger partial charge is 0.384 e. The van der Waals surface area contributed by atoms with E-state index in [4.69, 9.17) is 5.73 Å². The Hall–Kier alpha value is -1.85. The number of nitrogens with zero attached hydrogens (tertiary/aromatic N) is 2. The van der Waals surface area contributed by atoms with Crippen molar-refractivity contribution in [3.63, 3.8) is 0 Å². The van der Waals surface area contributed by atoms with Crippen molar-refractivity contribution in [1.82, 2.24) is 9.97 Å².